The number of amides is 2. The molecule has 0 spiro atoms. The second-order valence-electron chi connectivity index (χ2n) is 5.58. The Labute approximate surface area is 147 Å². The average molecular weight is 393 g/mol. The molecule has 0 aliphatic heterocycles. The summed E-state index contributed by atoms with van der Waals surface area (Å²) in [5.74, 6) is 0.0487. The van der Waals surface area contributed by atoms with Gasteiger partial charge >= 0.3 is 0 Å². The van der Waals surface area contributed by atoms with Gasteiger partial charge in [-0.2, -0.15) is 0 Å². The van der Waals surface area contributed by atoms with Gasteiger partial charge in [0.2, 0.25) is 5.91 Å². The Morgan fingerprint density at radius 2 is 2.00 bits per heavy atom. The van der Waals surface area contributed by atoms with E-state index in [9.17, 15) is 9.59 Å². The smallest absolute Gasteiger partial charge is 0.253 e. The standard InChI is InChI=1S/C17H17BrN2O2S/c1-20(17(22)11-6-7-11)14-5-3-2-4-13(14)16(21)19-10-12-8-9-15(18)23-12/h2-5,8-9,11H,6-7,10H2,1H3,(H,19,21). The number of hydrogen-bond donors (Lipinski definition) is 1. The van der Waals surface area contributed by atoms with E-state index in [2.05, 4.69) is 21.2 Å². The lowest BCUT2D eigenvalue weighted by Crippen LogP contribution is -2.31. The lowest BCUT2D eigenvalue weighted by atomic mass is 10.1. The first kappa shape index (κ1) is 16.2. The molecule has 1 aromatic carbocycles. The maximum Gasteiger partial charge on any atom is 0.253 e. The fraction of sp³-hybridized carbons (Fsp3) is 0.294. The van der Waals surface area contributed by atoms with Gasteiger partial charge in [-0.05, 0) is 53.0 Å². The van der Waals surface area contributed by atoms with Crippen LogP contribution in [0.1, 0.15) is 28.1 Å². The van der Waals surface area contributed by atoms with E-state index in [0.29, 0.717) is 17.8 Å². The zero-order chi connectivity index (χ0) is 16.4. The van der Waals surface area contributed by atoms with Crippen molar-refractivity contribution in [2.45, 2.75) is 19.4 Å². The van der Waals surface area contributed by atoms with Gasteiger partial charge in [0, 0.05) is 17.8 Å². The van der Waals surface area contributed by atoms with Crippen LogP contribution >= 0.6 is 27.3 Å². The van der Waals surface area contributed by atoms with E-state index in [0.717, 1.165) is 21.5 Å². The molecule has 1 saturated carbocycles. The number of para-hydroxylation sites is 1. The third-order valence-corrected chi connectivity index (χ3v) is 5.44. The number of hydrogen-bond acceptors (Lipinski definition) is 3. The van der Waals surface area contributed by atoms with Crippen molar-refractivity contribution in [1.82, 2.24) is 5.32 Å². The molecule has 120 valence electrons. The Bertz CT molecular complexity index is 740. The summed E-state index contributed by atoms with van der Waals surface area (Å²) in [7, 11) is 1.74. The van der Waals surface area contributed by atoms with Gasteiger partial charge in [0.1, 0.15) is 0 Å². The number of halogens is 1. The second-order valence-corrected chi connectivity index (χ2v) is 8.12. The van der Waals surface area contributed by atoms with Crippen LogP contribution in [0.5, 0.6) is 0 Å². The third-order valence-electron chi connectivity index (χ3n) is 3.82. The van der Waals surface area contributed by atoms with Crippen LogP contribution in [0.15, 0.2) is 40.2 Å². The highest BCUT2D eigenvalue weighted by molar-refractivity contribution is 9.11. The Morgan fingerprint density at radius 1 is 1.26 bits per heavy atom. The molecule has 1 aliphatic rings. The van der Waals surface area contributed by atoms with Crippen molar-refractivity contribution < 1.29 is 9.59 Å². The van der Waals surface area contributed by atoms with Crippen LogP contribution in [-0.4, -0.2) is 18.9 Å². The fourth-order valence-corrected chi connectivity index (χ4v) is 3.81. The fourth-order valence-electron chi connectivity index (χ4n) is 2.39. The Morgan fingerprint density at radius 3 is 2.65 bits per heavy atom. The van der Waals surface area contributed by atoms with E-state index in [1.54, 1.807) is 29.4 Å². The molecule has 0 radical (unpaired) electrons. The predicted molar refractivity (Wildman–Crippen MR) is 95.8 cm³/mol. The second kappa shape index (κ2) is 6.84. The van der Waals surface area contributed by atoms with E-state index in [1.165, 1.54) is 0 Å². The van der Waals surface area contributed by atoms with Crippen molar-refractivity contribution in [3.63, 3.8) is 0 Å². The minimum Gasteiger partial charge on any atom is -0.347 e. The van der Waals surface area contributed by atoms with E-state index < -0.39 is 0 Å². The highest BCUT2D eigenvalue weighted by Crippen LogP contribution is 2.33. The van der Waals surface area contributed by atoms with Crippen molar-refractivity contribution in [2.75, 3.05) is 11.9 Å². The lowest BCUT2D eigenvalue weighted by Gasteiger charge is -2.20. The van der Waals surface area contributed by atoms with Crippen LogP contribution in [0, 0.1) is 5.92 Å². The van der Waals surface area contributed by atoms with Crippen LogP contribution in [-0.2, 0) is 11.3 Å². The van der Waals surface area contributed by atoms with Gasteiger partial charge in [-0.1, -0.05) is 12.1 Å². The molecule has 2 amide bonds. The van der Waals surface area contributed by atoms with Gasteiger partial charge < -0.3 is 10.2 Å². The normalized spacial score (nSPS) is 13.7. The van der Waals surface area contributed by atoms with Gasteiger partial charge in [-0.3, -0.25) is 9.59 Å². The summed E-state index contributed by atoms with van der Waals surface area (Å²) < 4.78 is 1.04. The number of nitrogens with zero attached hydrogens (tertiary/aromatic N) is 1. The SMILES string of the molecule is CN(C(=O)C1CC1)c1ccccc1C(=O)NCc1ccc(Br)s1. The molecule has 1 fully saturated rings. The molecule has 1 aromatic heterocycles. The third kappa shape index (κ3) is 3.82. The molecule has 0 saturated heterocycles. The molecule has 2 aromatic rings. The van der Waals surface area contributed by atoms with E-state index in [1.807, 2.05) is 30.3 Å². The summed E-state index contributed by atoms with van der Waals surface area (Å²) in [5.41, 5.74) is 1.19. The molecular formula is C17H17BrN2O2S. The number of carbonyl (C=O) groups is 2. The van der Waals surface area contributed by atoms with Crippen molar-refractivity contribution in [3.8, 4) is 0 Å². The first-order valence-electron chi connectivity index (χ1n) is 7.45. The van der Waals surface area contributed by atoms with Crippen molar-refractivity contribution >= 4 is 44.8 Å². The average Bonchev–Trinajstić information content (AvgIpc) is 3.33. The van der Waals surface area contributed by atoms with Crippen LogP contribution in [0.2, 0.25) is 0 Å². The molecule has 0 unspecified atom stereocenters. The minimum absolute atomic E-state index is 0.0902. The summed E-state index contributed by atoms with van der Waals surface area (Å²) in [6.45, 7) is 0.476. The molecule has 4 nitrogen and oxygen atoms in total. The predicted octanol–water partition coefficient (Wildman–Crippen LogP) is 3.81. The van der Waals surface area contributed by atoms with E-state index >= 15 is 0 Å². The molecule has 3 rings (SSSR count). The monoisotopic (exact) mass is 392 g/mol. The first-order valence-corrected chi connectivity index (χ1v) is 9.06. The zero-order valence-corrected chi connectivity index (χ0v) is 15.1. The van der Waals surface area contributed by atoms with Crippen LogP contribution in [0.25, 0.3) is 0 Å². The Hall–Kier alpha value is -1.66. The number of nitrogens with one attached hydrogen (secondary N) is 1. The van der Waals surface area contributed by atoms with Crippen LogP contribution in [0.3, 0.4) is 0 Å². The molecule has 1 heterocycles. The largest absolute Gasteiger partial charge is 0.347 e. The topological polar surface area (TPSA) is 49.4 Å². The van der Waals surface area contributed by atoms with Gasteiger partial charge in [0.25, 0.3) is 5.91 Å². The quantitative estimate of drug-likeness (QED) is 0.840. The van der Waals surface area contributed by atoms with Gasteiger partial charge in [0.15, 0.2) is 0 Å². The lowest BCUT2D eigenvalue weighted by molar-refractivity contribution is -0.119. The van der Waals surface area contributed by atoms with Crippen molar-refractivity contribution in [3.05, 3.63) is 50.6 Å². The van der Waals surface area contributed by atoms with Crippen molar-refractivity contribution in [2.24, 2.45) is 5.92 Å². The molecule has 1 aliphatic carbocycles. The minimum atomic E-state index is -0.166. The number of anilines is 1. The number of rotatable bonds is 5. The number of benzene rings is 1. The number of carbonyl (C=O) groups excluding carboxylic acids is 2. The maximum absolute atomic E-state index is 12.5. The molecule has 0 atom stereocenters. The maximum atomic E-state index is 12.5. The Balaban J connectivity index is 1.73. The first-order chi connectivity index (χ1) is 11.1. The summed E-state index contributed by atoms with van der Waals surface area (Å²) in [4.78, 5) is 27.4. The molecule has 1 N–H and O–H groups in total. The summed E-state index contributed by atoms with van der Waals surface area (Å²) in [6.07, 6.45) is 1.90. The summed E-state index contributed by atoms with van der Waals surface area (Å²) in [5, 5.41) is 2.92. The molecule has 23 heavy (non-hydrogen) atoms. The summed E-state index contributed by atoms with van der Waals surface area (Å²) >= 11 is 5.00. The Kier molecular flexibility index (Phi) is 4.82. The zero-order valence-electron chi connectivity index (χ0n) is 12.7. The summed E-state index contributed by atoms with van der Waals surface area (Å²) in [6, 6.07) is 11.2. The van der Waals surface area contributed by atoms with Crippen molar-refractivity contribution in [1.29, 1.82) is 0 Å². The highest BCUT2D eigenvalue weighted by Gasteiger charge is 2.33. The van der Waals surface area contributed by atoms with Gasteiger partial charge in [-0.15, -0.1) is 11.3 Å². The number of thiophene rings is 1. The van der Waals surface area contributed by atoms with Crippen LogP contribution < -0.4 is 10.2 Å². The highest BCUT2D eigenvalue weighted by atomic mass is 79.9. The van der Waals surface area contributed by atoms with E-state index in [-0.39, 0.29) is 17.7 Å². The molecule has 6 heteroatoms. The van der Waals surface area contributed by atoms with E-state index in [4.69, 9.17) is 0 Å². The van der Waals surface area contributed by atoms with Gasteiger partial charge in [0.05, 0.1) is 21.6 Å². The molecular weight excluding hydrogens is 376 g/mol. The van der Waals surface area contributed by atoms with Gasteiger partial charge in [-0.25, -0.2) is 0 Å². The van der Waals surface area contributed by atoms with Crippen LogP contribution in [0.4, 0.5) is 5.69 Å². The molecule has 0 bridgehead atoms.